The molecule has 0 fully saturated rings. The van der Waals surface area contributed by atoms with Crippen LogP contribution < -0.4 is 0 Å². The molecule has 0 saturated heterocycles. The molecule has 70 valence electrons. The van der Waals surface area contributed by atoms with Crippen LogP contribution in [0.3, 0.4) is 0 Å². The average molecular weight is 174 g/mol. The molecule has 0 radical (unpaired) electrons. The maximum atomic E-state index is 2.28. The predicted octanol–water partition coefficient (Wildman–Crippen LogP) is 4.15. The maximum absolute atomic E-state index is 2.28. The lowest BCUT2D eigenvalue weighted by Crippen LogP contribution is -1.89. The predicted molar refractivity (Wildman–Crippen MR) is 60.0 cm³/mol. The van der Waals surface area contributed by atoms with Gasteiger partial charge in [-0.3, -0.25) is 0 Å². The molecule has 0 heteroatoms. The van der Waals surface area contributed by atoms with E-state index >= 15 is 0 Å². The van der Waals surface area contributed by atoms with Gasteiger partial charge in [-0.15, -0.1) is 0 Å². The molecule has 1 aromatic carbocycles. The van der Waals surface area contributed by atoms with Gasteiger partial charge in [0.15, 0.2) is 0 Å². The molecule has 0 saturated carbocycles. The summed E-state index contributed by atoms with van der Waals surface area (Å²) in [5.74, 6) is 0.615. The number of aryl methyl sites for hydroxylation is 1. The highest BCUT2D eigenvalue weighted by Crippen LogP contribution is 2.19. The Morgan fingerprint density at radius 3 is 2.46 bits per heavy atom. The average Bonchev–Trinajstić information content (AvgIpc) is 2.08. The van der Waals surface area contributed by atoms with E-state index in [1.165, 1.54) is 16.7 Å². The number of hydrogen-bond acceptors (Lipinski definition) is 0. The topological polar surface area (TPSA) is 0 Å². The van der Waals surface area contributed by atoms with E-state index < -0.39 is 0 Å². The minimum absolute atomic E-state index is 0.615. The van der Waals surface area contributed by atoms with Crippen molar-refractivity contribution in [3.8, 4) is 0 Å². The number of benzene rings is 1. The first kappa shape index (κ1) is 10.0. The van der Waals surface area contributed by atoms with Crippen LogP contribution in [-0.2, 0) is 0 Å². The van der Waals surface area contributed by atoms with Gasteiger partial charge in [-0.25, -0.2) is 0 Å². The Morgan fingerprint density at radius 2 is 1.92 bits per heavy atom. The molecular formula is C13H18. The molecule has 0 bridgehead atoms. The zero-order chi connectivity index (χ0) is 9.84. The molecule has 1 rings (SSSR count). The van der Waals surface area contributed by atoms with Crippen molar-refractivity contribution in [2.24, 2.45) is 0 Å². The molecule has 0 aliphatic rings. The van der Waals surface area contributed by atoms with E-state index in [-0.39, 0.29) is 0 Å². The normalized spacial score (nSPS) is 11.5. The number of rotatable bonds is 2. The Bertz CT molecular complexity index is 306. The van der Waals surface area contributed by atoms with Crippen molar-refractivity contribution in [2.75, 3.05) is 0 Å². The fourth-order valence-corrected chi connectivity index (χ4v) is 1.38. The van der Waals surface area contributed by atoms with Crippen molar-refractivity contribution in [3.05, 3.63) is 41.0 Å². The maximum Gasteiger partial charge on any atom is -0.0219 e. The summed E-state index contributed by atoms with van der Waals surface area (Å²) >= 11 is 0. The second kappa shape index (κ2) is 4.27. The lowest BCUT2D eigenvalue weighted by Gasteiger charge is -2.08. The van der Waals surface area contributed by atoms with E-state index in [9.17, 15) is 0 Å². The van der Waals surface area contributed by atoms with E-state index in [2.05, 4.69) is 58.0 Å². The molecular weight excluding hydrogens is 156 g/mol. The Labute approximate surface area is 81.3 Å². The summed E-state index contributed by atoms with van der Waals surface area (Å²) in [7, 11) is 0. The van der Waals surface area contributed by atoms with Crippen LogP contribution in [0.25, 0.3) is 6.08 Å². The molecule has 0 atom stereocenters. The van der Waals surface area contributed by atoms with E-state index in [1.807, 2.05) is 0 Å². The molecule has 13 heavy (non-hydrogen) atoms. The van der Waals surface area contributed by atoms with Gasteiger partial charge in [0.1, 0.15) is 0 Å². The van der Waals surface area contributed by atoms with Crippen molar-refractivity contribution in [3.63, 3.8) is 0 Å². The highest BCUT2D eigenvalue weighted by Gasteiger charge is 2.00. The monoisotopic (exact) mass is 174 g/mol. The van der Waals surface area contributed by atoms with Gasteiger partial charge in [0.05, 0.1) is 0 Å². The van der Waals surface area contributed by atoms with Gasteiger partial charge >= 0.3 is 0 Å². The van der Waals surface area contributed by atoms with Gasteiger partial charge in [-0.2, -0.15) is 0 Å². The van der Waals surface area contributed by atoms with E-state index in [0.717, 1.165) is 0 Å². The SMILES string of the molecule is CC=Cc1cc(C(C)C)ccc1C. The molecule has 0 aliphatic carbocycles. The fourth-order valence-electron chi connectivity index (χ4n) is 1.38. The van der Waals surface area contributed by atoms with E-state index in [0.29, 0.717) is 5.92 Å². The molecule has 0 aliphatic heterocycles. The molecule has 0 unspecified atom stereocenters. The summed E-state index contributed by atoms with van der Waals surface area (Å²) in [5.41, 5.74) is 4.11. The molecule has 0 aromatic heterocycles. The Kier molecular flexibility index (Phi) is 3.30. The van der Waals surface area contributed by atoms with E-state index in [4.69, 9.17) is 0 Å². The van der Waals surface area contributed by atoms with Crippen molar-refractivity contribution in [2.45, 2.75) is 33.6 Å². The van der Waals surface area contributed by atoms with Gasteiger partial charge in [0, 0.05) is 0 Å². The lowest BCUT2D eigenvalue weighted by molar-refractivity contribution is 0.865. The van der Waals surface area contributed by atoms with Crippen LogP contribution in [-0.4, -0.2) is 0 Å². The standard InChI is InChI=1S/C13H18/c1-5-6-13-9-12(10(2)3)8-7-11(13)4/h5-10H,1-4H3. The smallest absolute Gasteiger partial charge is 0.0219 e. The third kappa shape index (κ3) is 2.45. The largest absolute Gasteiger partial charge is 0.0871 e. The van der Waals surface area contributed by atoms with Crippen molar-refractivity contribution in [1.29, 1.82) is 0 Å². The highest BCUT2D eigenvalue weighted by molar-refractivity contribution is 5.54. The van der Waals surface area contributed by atoms with Crippen LogP contribution in [0.4, 0.5) is 0 Å². The van der Waals surface area contributed by atoms with Gasteiger partial charge in [-0.05, 0) is 36.5 Å². The Balaban J connectivity index is 3.11. The molecule has 0 amide bonds. The summed E-state index contributed by atoms with van der Waals surface area (Å²) in [6, 6.07) is 6.69. The first-order chi connectivity index (χ1) is 6.15. The van der Waals surface area contributed by atoms with Crippen LogP contribution in [0.5, 0.6) is 0 Å². The molecule has 0 nitrogen and oxygen atoms in total. The summed E-state index contributed by atoms with van der Waals surface area (Å²) < 4.78 is 0. The quantitative estimate of drug-likeness (QED) is 0.631. The zero-order valence-corrected chi connectivity index (χ0v) is 8.96. The minimum Gasteiger partial charge on any atom is -0.0871 e. The summed E-state index contributed by atoms with van der Waals surface area (Å²) in [4.78, 5) is 0. The lowest BCUT2D eigenvalue weighted by atomic mass is 9.98. The van der Waals surface area contributed by atoms with Gasteiger partial charge < -0.3 is 0 Å². The summed E-state index contributed by atoms with van der Waals surface area (Å²) in [6.07, 6.45) is 4.26. The fraction of sp³-hybridized carbons (Fsp3) is 0.385. The molecule has 0 N–H and O–H groups in total. The molecule has 1 aromatic rings. The Hall–Kier alpha value is -1.04. The third-order valence-corrected chi connectivity index (χ3v) is 2.32. The second-order valence-corrected chi connectivity index (χ2v) is 3.77. The van der Waals surface area contributed by atoms with Crippen LogP contribution in [0.1, 0.15) is 43.4 Å². The second-order valence-electron chi connectivity index (χ2n) is 3.77. The van der Waals surface area contributed by atoms with Crippen molar-refractivity contribution < 1.29 is 0 Å². The number of allylic oxidation sites excluding steroid dienone is 1. The molecule has 0 spiro atoms. The van der Waals surface area contributed by atoms with Crippen LogP contribution in [0.15, 0.2) is 24.3 Å². The third-order valence-electron chi connectivity index (χ3n) is 2.32. The zero-order valence-electron chi connectivity index (χ0n) is 8.96. The summed E-state index contributed by atoms with van der Waals surface area (Å²) in [5, 5.41) is 0. The van der Waals surface area contributed by atoms with Crippen molar-refractivity contribution >= 4 is 6.08 Å². The highest BCUT2D eigenvalue weighted by atomic mass is 14.1. The van der Waals surface area contributed by atoms with Crippen LogP contribution in [0, 0.1) is 6.92 Å². The van der Waals surface area contributed by atoms with Gasteiger partial charge in [-0.1, -0.05) is 44.2 Å². The van der Waals surface area contributed by atoms with E-state index in [1.54, 1.807) is 0 Å². The minimum atomic E-state index is 0.615. The van der Waals surface area contributed by atoms with Gasteiger partial charge in [0.25, 0.3) is 0 Å². The van der Waals surface area contributed by atoms with Crippen molar-refractivity contribution in [1.82, 2.24) is 0 Å². The first-order valence-electron chi connectivity index (χ1n) is 4.88. The van der Waals surface area contributed by atoms with Gasteiger partial charge in [0.2, 0.25) is 0 Å². The van der Waals surface area contributed by atoms with Crippen LogP contribution >= 0.6 is 0 Å². The number of hydrogen-bond donors (Lipinski definition) is 0. The van der Waals surface area contributed by atoms with Crippen LogP contribution in [0.2, 0.25) is 0 Å². The first-order valence-corrected chi connectivity index (χ1v) is 4.88. The summed E-state index contributed by atoms with van der Waals surface area (Å²) in [6.45, 7) is 8.66. The Morgan fingerprint density at radius 1 is 1.23 bits per heavy atom. The molecule has 0 heterocycles.